The summed E-state index contributed by atoms with van der Waals surface area (Å²) in [6.45, 7) is 11.3. The number of rotatable bonds is 6. The van der Waals surface area contributed by atoms with Crippen molar-refractivity contribution in [2.75, 3.05) is 36.4 Å². The van der Waals surface area contributed by atoms with E-state index in [0.717, 1.165) is 16.8 Å². The van der Waals surface area contributed by atoms with Crippen LogP contribution in [0.25, 0.3) is 0 Å². The lowest BCUT2D eigenvalue weighted by molar-refractivity contribution is 0.0624. The summed E-state index contributed by atoms with van der Waals surface area (Å²) in [5.41, 5.74) is 2.29. The zero-order valence-electron chi connectivity index (χ0n) is 26.9. The number of ether oxygens (including phenoxy) is 5. The second-order valence-corrected chi connectivity index (χ2v) is 13.5. The first-order chi connectivity index (χ1) is 21.1. The molecule has 45 heavy (non-hydrogen) atoms. The fourth-order valence-electron chi connectivity index (χ4n) is 5.97. The number of fused-ring (bicyclic) bond motifs is 3. The van der Waals surface area contributed by atoms with E-state index in [-0.39, 0.29) is 0 Å². The Bertz CT molecular complexity index is 1610. The maximum absolute atomic E-state index is 12.7. The molecule has 0 saturated carbocycles. The lowest BCUT2D eigenvalue weighted by Gasteiger charge is -2.34. The van der Waals surface area contributed by atoms with Crippen LogP contribution in [0, 0.1) is 0 Å². The van der Waals surface area contributed by atoms with E-state index in [1.165, 1.54) is 0 Å². The number of carbonyl (C=O) groups is 2. The summed E-state index contributed by atoms with van der Waals surface area (Å²) in [5, 5.41) is 6.23. The highest BCUT2D eigenvalue weighted by molar-refractivity contribution is 6.31. The Morgan fingerprint density at radius 1 is 0.800 bits per heavy atom. The highest BCUT2D eigenvalue weighted by atomic mass is 35.5. The van der Waals surface area contributed by atoms with Gasteiger partial charge in [-0.1, -0.05) is 17.7 Å². The Morgan fingerprint density at radius 3 is 1.96 bits per heavy atom. The van der Waals surface area contributed by atoms with E-state index in [0.29, 0.717) is 46.6 Å². The number of carbonyl (C=O) groups excluding carboxylic acids is 2. The fraction of sp³-hybridized carbons (Fsp3) is 0.412. The fourth-order valence-corrected chi connectivity index (χ4v) is 6.14. The molecule has 0 aromatic heterocycles. The molecule has 1 fully saturated rings. The third-order valence-corrected chi connectivity index (χ3v) is 7.77. The van der Waals surface area contributed by atoms with Crippen LogP contribution in [-0.4, -0.2) is 50.4 Å². The van der Waals surface area contributed by atoms with E-state index >= 15 is 0 Å². The Hall–Kier alpha value is -4.15. The summed E-state index contributed by atoms with van der Waals surface area (Å²) in [7, 11) is 3.21. The van der Waals surface area contributed by atoms with Crippen LogP contribution in [0.3, 0.4) is 0 Å². The van der Waals surface area contributed by atoms with Crippen LogP contribution < -0.4 is 25.0 Å². The van der Waals surface area contributed by atoms with E-state index < -0.39 is 35.0 Å². The van der Waals surface area contributed by atoms with Crippen molar-refractivity contribution >= 4 is 46.5 Å². The quantitative estimate of drug-likeness (QED) is 0.278. The number of hydrogen-bond acceptors (Lipinski definition) is 8. The maximum atomic E-state index is 12.7. The van der Waals surface area contributed by atoms with Gasteiger partial charge in [0.25, 0.3) is 0 Å². The Kier molecular flexibility index (Phi) is 8.59. The predicted octanol–water partition coefficient (Wildman–Crippen LogP) is 8.24. The van der Waals surface area contributed by atoms with E-state index in [1.807, 2.05) is 62.1 Å². The van der Waals surface area contributed by atoms with Gasteiger partial charge in [-0.3, -0.25) is 10.6 Å². The highest BCUT2D eigenvalue weighted by Crippen LogP contribution is 2.60. The molecular formula is C34H40ClN3O7. The summed E-state index contributed by atoms with van der Waals surface area (Å²) in [6, 6.07) is 16.6. The molecule has 10 nitrogen and oxygen atoms in total. The molecule has 2 aliphatic rings. The van der Waals surface area contributed by atoms with E-state index in [2.05, 4.69) is 10.6 Å². The van der Waals surface area contributed by atoms with Gasteiger partial charge in [0, 0.05) is 27.6 Å². The van der Waals surface area contributed by atoms with Crippen molar-refractivity contribution in [3.05, 3.63) is 70.7 Å². The zero-order valence-corrected chi connectivity index (χ0v) is 27.6. The molecule has 2 amide bonds. The zero-order chi connectivity index (χ0) is 32.7. The molecule has 240 valence electrons. The summed E-state index contributed by atoms with van der Waals surface area (Å²) >= 11 is 6.59. The van der Waals surface area contributed by atoms with Gasteiger partial charge in [-0.15, -0.1) is 0 Å². The molecule has 3 aromatic rings. The number of methoxy groups -OCH3 is 2. The third-order valence-electron chi connectivity index (χ3n) is 7.54. The second kappa shape index (κ2) is 12.0. The molecule has 0 radical (unpaired) electrons. The van der Waals surface area contributed by atoms with E-state index in [4.69, 9.17) is 35.3 Å². The first-order valence-corrected chi connectivity index (χ1v) is 15.1. The molecule has 2 heterocycles. The van der Waals surface area contributed by atoms with Crippen LogP contribution in [-0.2, 0) is 19.6 Å². The molecular weight excluding hydrogens is 598 g/mol. The van der Waals surface area contributed by atoms with Crippen molar-refractivity contribution < 1.29 is 33.3 Å². The van der Waals surface area contributed by atoms with Gasteiger partial charge in [0.2, 0.25) is 0 Å². The van der Waals surface area contributed by atoms with Crippen molar-refractivity contribution in [3.8, 4) is 11.5 Å². The Morgan fingerprint density at radius 2 is 1.38 bits per heavy atom. The Balaban J connectivity index is 1.63. The Labute approximate surface area is 268 Å². The largest absolute Gasteiger partial charge is 0.496 e. The smallest absolute Gasteiger partial charge is 0.412 e. The minimum Gasteiger partial charge on any atom is -0.496 e. The first kappa shape index (κ1) is 32.2. The van der Waals surface area contributed by atoms with Gasteiger partial charge < -0.3 is 28.6 Å². The number of nitrogens with one attached hydrogen (secondary N) is 2. The lowest BCUT2D eigenvalue weighted by atomic mass is 9.73. The molecule has 5 rings (SSSR count). The summed E-state index contributed by atoms with van der Waals surface area (Å²) in [6.07, 6.45) is -1.07. The van der Waals surface area contributed by atoms with Gasteiger partial charge in [-0.25, -0.2) is 9.59 Å². The van der Waals surface area contributed by atoms with Crippen molar-refractivity contribution in [2.24, 2.45) is 0 Å². The number of anilines is 4. The van der Waals surface area contributed by atoms with Crippen molar-refractivity contribution in [2.45, 2.75) is 70.8 Å². The lowest BCUT2D eigenvalue weighted by Crippen LogP contribution is -2.41. The van der Waals surface area contributed by atoms with Crippen LogP contribution >= 0.6 is 11.6 Å². The van der Waals surface area contributed by atoms with E-state index in [9.17, 15) is 9.59 Å². The van der Waals surface area contributed by atoms with Crippen LogP contribution in [0.4, 0.5) is 32.3 Å². The molecule has 0 bridgehead atoms. The SMILES string of the molecule is COc1ccc(NC(=O)OC(C)(C)C)cc1N1c2cc(Cl)ccc2[C@@]2(c3cc(NC(=O)OC(C)(C)C)ccc3OC)CCOC12. The number of nitrogens with zero attached hydrogens (tertiary/aromatic N) is 1. The maximum Gasteiger partial charge on any atom is 0.412 e. The standard InChI is InChI=1S/C34H40ClN3O7/c1-32(2,3)44-30(39)36-21-10-13-27(41-7)24(18-21)34-15-16-43-29(34)38(25-17-20(35)9-12-23(25)34)26-19-22(11-14-28(26)42-8)37-31(40)45-33(4,5)6/h9-14,17-19,29H,15-16H2,1-8H3,(H,36,39)(H,37,40)/t29?,34-/m1/s1. The van der Waals surface area contributed by atoms with Gasteiger partial charge in [0.05, 0.1) is 31.9 Å². The number of hydrogen-bond donors (Lipinski definition) is 2. The molecule has 2 aliphatic heterocycles. The van der Waals surface area contributed by atoms with Crippen molar-refractivity contribution in [1.82, 2.24) is 0 Å². The van der Waals surface area contributed by atoms with Crippen LogP contribution in [0.15, 0.2) is 54.6 Å². The molecule has 2 atom stereocenters. The number of benzene rings is 3. The molecule has 2 N–H and O–H groups in total. The van der Waals surface area contributed by atoms with Crippen LogP contribution in [0.2, 0.25) is 5.02 Å². The van der Waals surface area contributed by atoms with Gasteiger partial charge >= 0.3 is 12.2 Å². The third kappa shape index (κ3) is 6.48. The first-order valence-electron chi connectivity index (χ1n) is 14.7. The minimum absolute atomic E-state index is 0.453. The average molecular weight is 638 g/mol. The average Bonchev–Trinajstić information content (AvgIpc) is 3.47. The molecule has 0 aliphatic carbocycles. The summed E-state index contributed by atoms with van der Waals surface area (Å²) in [5.74, 6) is 1.20. The highest BCUT2D eigenvalue weighted by Gasteiger charge is 2.58. The normalized spacial score (nSPS) is 19.0. The van der Waals surface area contributed by atoms with Gasteiger partial charge in [-0.2, -0.15) is 0 Å². The predicted molar refractivity (Wildman–Crippen MR) is 174 cm³/mol. The number of amides is 2. The molecule has 1 saturated heterocycles. The topological polar surface area (TPSA) is 108 Å². The molecule has 11 heteroatoms. The number of halogens is 1. The monoisotopic (exact) mass is 637 g/mol. The molecule has 0 spiro atoms. The van der Waals surface area contributed by atoms with Crippen LogP contribution in [0.5, 0.6) is 11.5 Å². The molecule has 3 aromatic carbocycles. The van der Waals surface area contributed by atoms with Gasteiger partial charge in [0.15, 0.2) is 0 Å². The van der Waals surface area contributed by atoms with Crippen molar-refractivity contribution in [3.63, 3.8) is 0 Å². The summed E-state index contributed by atoms with van der Waals surface area (Å²) in [4.78, 5) is 27.4. The van der Waals surface area contributed by atoms with Gasteiger partial charge in [-0.05, 0) is 102 Å². The second-order valence-electron chi connectivity index (χ2n) is 13.0. The minimum atomic E-state index is -0.726. The van der Waals surface area contributed by atoms with E-state index in [1.54, 1.807) is 53.2 Å². The van der Waals surface area contributed by atoms with Crippen molar-refractivity contribution in [1.29, 1.82) is 0 Å². The van der Waals surface area contributed by atoms with Crippen LogP contribution in [0.1, 0.15) is 59.1 Å². The summed E-state index contributed by atoms with van der Waals surface area (Å²) < 4.78 is 29.2. The van der Waals surface area contributed by atoms with Gasteiger partial charge in [0.1, 0.15) is 28.9 Å². The molecule has 1 unspecified atom stereocenters.